The molecule has 0 aliphatic heterocycles. The predicted molar refractivity (Wildman–Crippen MR) is 44.3 cm³/mol. The van der Waals surface area contributed by atoms with Crippen LogP contribution in [-0.4, -0.2) is 25.8 Å². The molecule has 0 unspecified atom stereocenters. The molecule has 8 nitrogen and oxygen atoms in total. The van der Waals surface area contributed by atoms with Gasteiger partial charge in [-0.05, 0) is 6.92 Å². The number of carboxylic acid groups (broad SMARTS) is 1. The number of H-pyrrole nitrogens is 1. The molecule has 0 spiro atoms. The molecule has 76 valence electrons. The average molecular weight is 201 g/mol. The van der Waals surface area contributed by atoms with Crippen LogP contribution in [0.15, 0.2) is 4.79 Å². The van der Waals surface area contributed by atoms with Crippen LogP contribution in [0.3, 0.4) is 0 Å². The van der Waals surface area contributed by atoms with E-state index in [4.69, 9.17) is 5.11 Å². The van der Waals surface area contributed by atoms with E-state index in [2.05, 4.69) is 5.10 Å². The van der Waals surface area contributed by atoms with Gasteiger partial charge in [0.25, 0.3) is 0 Å². The van der Waals surface area contributed by atoms with Crippen LogP contribution in [0, 0.1) is 10.1 Å². The summed E-state index contributed by atoms with van der Waals surface area (Å²) in [5.41, 5.74) is -2.56. The second kappa shape index (κ2) is 3.32. The fourth-order valence-corrected chi connectivity index (χ4v) is 1.09. The summed E-state index contributed by atoms with van der Waals surface area (Å²) in [7, 11) is 0. The Bertz CT molecular complexity index is 443. The van der Waals surface area contributed by atoms with Crippen LogP contribution < -0.4 is 5.56 Å². The molecule has 1 rings (SSSR count). The molecule has 0 radical (unpaired) electrons. The molecular weight excluding hydrogens is 194 g/mol. The van der Waals surface area contributed by atoms with Gasteiger partial charge in [0.2, 0.25) is 5.69 Å². The highest BCUT2D eigenvalue weighted by atomic mass is 16.6. The first kappa shape index (κ1) is 9.96. The van der Waals surface area contributed by atoms with E-state index < -0.39 is 27.8 Å². The van der Waals surface area contributed by atoms with Gasteiger partial charge in [-0.1, -0.05) is 0 Å². The smallest absolute Gasteiger partial charge is 0.367 e. The zero-order valence-corrected chi connectivity index (χ0v) is 7.18. The van der Waals surface area contributed by atoms with Gasteiger partial charge in [0.15, 0.2) is 0 Å². The number of hydrogen-bond acceptors (Lipinski definition) is 4. The van der Waals surface area contributed by atoms with Crippen LogP contribution in [0.1, 0.15) is 17.4 Å². The van der Waals surface area contributed by atoms with Crippen molar-refractivity contribution in [1.82, 2.24) is 9.78 Å². The number of aryl methyl sites for hydroxylation is 1. The minimum Gasteiger partial charge on any atom is -0.476 e. The van der Waals surface area contributed by atoms with Crippen LogP contribution in [0.2, 0.25) is 0 Å². The van der Waals surface area contributed by atoms with E-state index in [1.807, 2.05) is 0 Å². The van der Waals surface area contributed by atoms with Crippen molar-refractivity contribution in [3.05, 3.63) is 26.2 Å². The van der Waals surface area contributed by atoms with Gasteiger partial charge >= 0.3 is 17.2 Å². The van der Waals surface area contributed by atoms with Crippen molar-refractivity contribution >= 4 is 11.7 Å². The summed E-state index contributed by atoms with van der Waals surface area (Å²) in [5, 5.41) is 21.1. The Labute approximate surface area is 76.9 Å². The largest absolute Gasteiger partial charge is 0.476 e. The number of nitrogens with zero attached hydrogens (tertiary/aromatic N) is 2. The lowest BCUT2D eigenvalue weighted by atomic mass is 10.3. The maximum Gasteiger partial charge on any atom is 0.367 e. The van der Waals surface area contributed by atoms with E-state index in [9.17, 15) is 19.7 Å². The standard InChI is InChI=1S/C6H7N3O5/c1-2-8-4(6(11)12)3(9(13)14)5(10)7-8/h2H2,1H3,(H,7,10)(H,11,12). The molecule has 0 saturated carbocycles. The molecule has 0 aliphatic carbocycles. The Morgan fingerprint density at radius 2 is 2.29 bits per heavy atom. The highest BCUT2D eigenvalue weighted by Gasteiger charge is 2.29. The molecule has 0 bridgehead atoms. The quantitative estimate of drug-likeness (QED) is 0.518. The van der Waals surface area contributed by atoms with Gasteiger partial charge in [-0.3, -0.25) is 24.7 Å². The van der Waals surface area contributed by atoms with E-state index in [1.165, 1.54) is 0 Å². The Hall–Kier alpha value is -2.12. The number of nitro groups is 1. The lowest BCUT2D eigenvalue weighted by Crippen LogP contribution is -2.10. The third kappa shape index (κ3) is 1.37. The zero-order chi connectivity index (χ0) is 10.9. The highest BCUT2D eigenvalue weighted by Crippen LogP contribution is 2.12. The van der Waals surface area contributed by atoms with E-state index in [0.29, 0.717) is 0 Å². The van der Waals surface area contributed by atoms with E-state index in [-0.39, 0.29) is 6.54 Å². The van der Waals surface area contributed by atoms with Gasteiger partial charge in [-0.25, -0.2) is 4.79 Å². The van der Waals surface area contributed by atoms with E-state index in [0.717, 1.165) is 4.68 Å². The topological polar surface area (TPSA) is 118 Å². The number of aromatic carboxylic acids is 1. The fraction of sp³-hybridized carbons (Fsp3) is 0.333. The van der Waals surface area contributed by atoms with Crippen LogP contribution in [0.25, 0.3) is 0 Å². The molecule has 1 aromatic rings. The average Bonchev–Trinajstić information content (AvgIpc) is 2.41. The number of aromatic amines is 1. The van der Waals surface area contributed by atoms with Crippen LogP contribution in [0.4, 0.5) is 5.69 Å². The number of hydrogen-bond donors (Lipinski definition) is 2. The first-order valence-electron chi connectivity index (χ1n) is 3.69. The summed E-state index contributed by atoms with van der Waals surface area (Å²) in [6.45, 7) is 1.71. The van der Waals surface area contributed by atoms with Crippen molar-refractivity contribution in [3.8, 4) is 0 Å². The second-order valence-electron chi connectivity index (χ2n) is 2.44. The SMILES string of the molecule is CCn1[nH]c(=O)c([N+](=O)[O-])c1C(=O)O. The van der Waals surface area contributed by atoms with Crippen molar-refractivity contribution in [2.24, 2.45) is 0 Å². The van der Waals surface area contributed by atoms with E-state index >= 15 is 0 Å². The molecule has 0 aliphatic rings. The normalized spacial score (nSPS) is 10.1. The first-order valence-corrected chi connectivity index (χ1v) is 3.69. The molecular formula is C6H7N3O5. The Kier molecular flexibility index (Phi) is 2.36. The summed E-state index contributed by atoms with van der Waals surface area (Å²) in [6.07, 6.45) is 0. The molecule has 0 aromatic carbocycles. The van der Waals surface area contributed by atoms with Gasteiger partial charge < -0.3 is 5.11 Å². The summed E-state index contributed by atoms with van der Waals surface area (Å²) in [6, 6.07) is 0. The Morgan fingerprint density at radius 1 is 1.71 bits per heavy atom. The number of carbonyl (C=O) groups is 1. The molecule has 0 saturated heterocycles. The molecule has 0 fully saturated rings. The summed E-state index contributed by atoms with van der Waals surface area (Å²) in [5.74, 6) is -1.50. The maximum atomic E-state index is 11.0. The van der Waals surface area contributed by atoms with Crippen LogP contribution in [-0.2, 0) is 6.54 Å². The van der Waals surface area contributed by atoms with Gasteiger partial charge in [0.1, 0.15) is 0 Å². The third-order valence-corrected chi connectivity index (χ3v) is 1.65. The number of nitrogens with one attached hydrogen (secondary N) is 1. The minimum absolute atomic E-state index is 0.144. The van der Waals surface area contributed by atoms with Crippen LogP contribution >= 0.6 is 0 Å². The first-order chi connectivity index (χ1) is 6.49. The maximum absolute atomic E-state index is 11.0. The van der Waals surface area contributed by atoms with Gasteiger partial charge in [-0.2, -0.15) is 0 Å². The molecule has 1 aromatic heterocycles. The van der Waals surface area contributed by atoms with Crippen molar-refractivity contribution in [1.29, 1.82) is 0 Å². The molecule has 1 heterocycles. The molecule has 2 N–H and O–H groups in total. The van der Waals surface area contributed by atoms with Crippen molar-refractivity contribution < 1.29 is 14.8 Å². The van der Waals surface area contributed by atoms with Crippen molar-refractivity contribution in [3.63, 3.8) is 0 Å². The summed E-state index contributed by atoms with van der Waals surface area (Å²) >= 11 is 0. The Morgan fingerprint density at radius 3 is 2.64 bits per heavy atom. The highest BCUT2D eigenvalue weighted by molar-refractivity contribution is 5.90. The third-order valence-electron chi connectivity index (χ3n) is 1.65. The number of carboxylic acids is 1. The molecule has 8 heteroatoms. The minimum atomic E-state index is -1.50. The van der Waals surface area contributed by atoms with Gasteiger partial charge in [0.05, 0.1) is 4.92 Å². The van der Waals surface area contributed by atoms with Gasteiger partial charge in [0, 0.05) is 6.54 Å². The molecule has 14 heavy (non-hydrogen) atoms. The lowest BCUT2D eigenvalue weighted by Gasteiger charge is -1.97. The Balaban J connectivity index is 3.55. The van der Waals surface area contributed by atoms with Crippen molar-refractivity contribution in [2.45, 2.75) is 13.5 Å². The van der Waals surface area contributed by atoms with Crippen LogP contribution in [0.5, 0.6) is 0 Å². The summed E-state index contributed by atoms with van der Waals surface area (Å²) < 4.78 is 0.919. The molecule has 0 atom stereocenters. The number of rotatable bonds is 3. The number of aromatic nitrogens is 2. The fourth-order valence-electron chi connectivity index (χ4n) is 1.09. The molecule has 0 amide bonds. The van der Waals surface area contributed by atoms with E-state index in [1.54, 1.807) is 6.92 Å². The zero-order valence-electron chi connectivity index (χ0n) is 7.18. The lowest BCUT2D eigenvalue weighted by molar-refractivity contribution is -0.386. The van der Waals surface area contributed by atoms with Gasteiger partial charge in [-0.15, -0.1) is 0 Å². The summed E-state index contributed by atoms with van der Waals surface area (Å²) in [4.78, 5) is 31.0. The monoisotopic (exact) mass is 201 g/mol. The predicted octanol–water partition coefficient (Wildman–Crippen LogP) is -0.197. The van der Waals surface area contributed by atoms with Crippen molar-refractivity contribution in [2.75, 3.05) is 0 Å². The second-order valence-corrected chi connectivity index (χ2v) is 2.44.